The van der Waals surface area contributed by atoms with Crippen LogP contribution in [0.25, 0.3) is 0 Å². The van der Waals surface area contributed by atoms with Crippen LogP contribution in [-0.4, -0.2) is 22.8 Å². The lowest BCUT2D eigenvalue weighted by Crippen LogP contribution is -2.34. The van der Waals surface area contributed by atoms with Gasteiger partial charge in [-0.15, -0.1) is 11.8 Å². The predicted molar refractivity (Wildman–Crippen MR) is 142 cm³/mol. The van der Waals surface area contributed by atoms with Gasteiger partial charge in [0.25, 0.3) is 0 Å². The van der Waals surface area contributed by atoms with Gasteiger partial charge in [-0.05, 0) is 72.9 Å². The molecule has 0 spiro atoms. The molecule has 1 N–H and O–H groups in total. The van der Waals surface area contributed by atoms with E-state index in [1.807, 2.05) is 23.9 Å². The van der Waals surface area contributed by atoms with E-state index in [4.69, 9.17) is 27.9 Å². The molecule has 1 amide bonds. The van der Waals surface area contributed by atoms with Crippen molar-refractivity contribution in [2.24, 2.45) is 17.8 Å². The second kappa shape index (κ2) is 9.18. The number of carbonyl (C=O) groups excluding carboxylic acids is 1. The molecule has 0 saturated heterocycles. The molecule has 0 radical (unpaired) electrons. The number of hydrogen-bond donors (Lipinski definition) is 1. The van der Waals surface area contributed by atoms with E-state index in [-0.39, 0.29) is 23.2 Å². The highest BCUT2D eigenvalue weighted by molar-refractivity contribution is 8.00. The molecule has 5 nitrogen and oxygen atoms in total. The summed E-state index contributed by atoms with van der Waals surface area (Å²) in [5.74, 6) is 2.64. The highest BCUT2D eigenvalue weighted by Gasteiger charge is 2.55. The number of carbonyl (C=O) groups is 1. The number of methoxy groups -OCH3 is 1. The van der Waals surface area contributed by atoms with Gasteiger partial charge in [-0.3, -0.25) is 14.2 Å². The number of ether oxygens (including phenoxy) is 1. The van der Waals surface area contributed by atoms with Crippen molar-refractivity contribution in [2.75, 3.05) is 12.4 Å². The third-order valence-corrected chi connectivity index (χ3v) is 11.2. The average Bonchev–Trinajstić information content (AvgIpc) is 3.55. The fraction of sp³-hybridized carbons (Fsp3) is 0.385. The van der Waals surface area contributed by atoms with Crippen molar-refractivity contribution in [2.45, 2.75) is 42.0 Å². The third kappa shape index (κ3) is 4.10. The van der Waals surface area contributed by atoms with Gasteiger partial charge >= 0.3 is 4.87 Å². The van der Waals surface area contributed by atoms with Gasteiger partial charge in [-0.2, -0.15) is 0 Å². The first-order valence-corrected chi connectivity index (χ1v) is 14.2. The Morgan fingerprint density at radius 2 is 1.89 bits per heavy atom. The zero-order valence-corrected chi connectivity index (χ0v) is 22.1. The molecule has 9 heteroatoms. The van der Waals surface area contributed by atoms with Crippen molar-refractivity contribution in [1.82, 2.24) is 4.57 Å². The molecule has 2 bridgehead atoms. The predicted octanol–water partition coefficient (Wildman–Crippen LogP) is 6.52. The Kier molecular flexibility index (Phi) is 6.16. The average molecular weight is 548 g/mol. The highest BCUT2D eigenvalue weighted by atomic mass is 35.5. The van der Waals surface area contributed by atoms with Crippen LogP contribution in [0.15, 0.2) is 52.3 Å². The van der Waals surface area contributed by atoms with E-state index < -0.39 is 0 Å². The van der Waals surface area contributed by atoms with Gasteiger partial charge in [0.1, 0.15) is 12.3 Å². The maximum absolute atomic E-state index is 13.2. The molecule has 2 saturated carbocycles. The smallest absolute Gasteiger partial charge is 0.308 e. The van der Waals surface area contributed by atoms with Crippen LogP contribution in [0.4, 0.5) is 5.69 Å². The number of nitrogens with zero attached hydrogens (tertiary/aromatic N) is 1. The molecule has 3 aromatic rings. The lowest BCUT2D eigenvalue weighted by atomic mass is 9.75. The van der Waals surface area contributed by atoms with Gasteiger partial charge in [0.15, 0.2) is 0 Å². The summed E-state index contributed by atoms with van der Waals surface area (Å²) in [6.45, 7) is -0.0290. The third-order valence-electron chi connectivity index (χ3n) is 7.67. The monoisotopic (exact) mass is 546 g/mol. The molecule has 182 valence electrons. The van der Waals surface area contributed by atoms with Crippen molar-refractivity contribution in [3.63, 3.8) is 0 Å². The van der Waals surface area contributed by atoms with E-state index in [0.29, 0.717) is 38.7 Å². The van der Waals surface area contributed by atoms with Crippen molar-refractivity contribution < 1.29 is 9.53 Å². The lowest BCUT2D eigenvalue weighted by molar-refractivity contribution is -0.116. The minimum atomic E-state index is -0.261. The van der Waals surface area contributed by atoms with Gasteiger partial charge in [0.2, 0.25) is 5.91 Å². The number of aromatic nitrogens is 1. The first kappa shape index (κ1) is 23.5. The topological polar surface area (TPSA) is 60.3 Å². The normalized spacial score (nSPS) is 26.3. The Hall–Kier alpha value is -1.93. The number of benzene rings is 2. The number of fused-ring (bicyclic) bond motifs is 6. The van der Waals surface area contributed by atoms with Crippen LogP contribution in [0.3, 0.4) is 0 Å². The van der Waals surface area contributed by atoms with Crippen molar-refractivity contribution in [3.8, 4) is 5.75 Å². The Morgan fingerprint density at radius 1 is 1.11 bits per heavy atom. The first-order chi connectivity index (χ1) is 16.9. The summed E-state index contributed by atoms with van der Waals surface area (Å²) in [5, 5.41) is 5.08. The summed E-state index contributed by atoms with van der Waals surface area (Å²) < 4.78 is 7.04. The maximum atomic E-state index is 13.2. The van der Waals surface area contributed by atoms with Gasteiger partial charge in [0.05, 0.1) is 22.2 Å². The number of anilines is 1. The number of amides is 1. The first-order valence-electron chi connectivity index (χ1n) is 11.7. The zero-order chi connectivity index (χ0) is 24.3. The van der Waals surface area contributed by atoms with E-state index in [2.05, 4.69) is 17.4 Å². The second-order valence-electron chi connectivity index (χ2n) is 9.54. The summed E-state index contributed by atoms with van der Waals surface area (Å²) >= 11 is 15.2. The Morgan fingerprint density at radius 3 is 2.63 bits per heavy atom. The van der Waals surface area contributed by atoms with E-state index >= 15 is 0 Å². The molecule has 5 atom stereocenters. The molecular formula is C26H24Cl2N2O3S2. The summed E-state index contributed by atoms with van der Waals surface area (Å²) in [6, 6.07) is 13.2. The quantitative estimate of drug-likeness (QED) is 0.395. The molecule has 2 fully saturated rings. The molecule has 2 aromatic carbocycles. The van der Waals surface area contributed by atoms with Crippen molar-refractivity contribution >= 4 is 57.9 Å². The SMILES string of the molecule is COc1ccc(C2c3sc(=O)n(CC(=O)Nc4ccc(Cl)c(Cl)c4)c3SC3C4CCC(C4)C23)cc1. The lowest BCUT2D eigenvalue weighted by Gasteiger charge is -2.40. The Labute approximate surface area is 221 Å². The van der Waals surface area contributed by atoms with Crippen LogP contribution < -0.4 is 14.9 Å². The van der Waals surface area contributed by atoms with E-state index in [9.17, 15) is 9.59 Å². The zero-order valence-electron chi connectivity index (χ0n) is 19.0. The Balaban J connectivity index is 1.35. The molecule has 1 aliphatic heterocycles. The molecule has 6 rings (SSSR count). The number of hydrogen-bond acceptors (Lipinski definition) is 5. The van der Waals surface area contributed by atoms with Crippen molar-refractivity contribution in [3.05, 3.63) is 72.6 Å². The second-order valence-corrected chi connectivity index (χ2v) is 12.5. The molecule has 5 unspecified atom stereocenters. The van der Waals surface area contributed by atoms with E-state index in [1.165, 1.54) is 36.2 Å². The standard InChI is InChI=1S/C26H24Cl2N2O3S2/c1-33-17-7-4-13(5-8-17)21-22-14-2-3-15(10-14)23(22)34-25-24(21)35-26(32)30(25)12-20(31)29-16-6-9-18(27)19(28)11-16/h4-9,11,14-15,21-23H,2-3,10,12H2,1H3,(H,29,31). The maximum Gasteiger partial charge on any atom is 0.308 e. The number of halogens is 2. The molecular weight excluding hydrogens is 523 g/mol. The van der Waals surface area contributed by atoms with Crippen LogP contribution in [0.2, 0.25) is 10.0 Å². The molecule has 2 aliphatic carbocycles. The molecule has 2 heterocycles. The number of thiazole rings is 1. The van der Waals surface area contributed by atoms with Crippen LogP contribution in [0.1, 0.15) is 35.6 Å². The molecule has 35 heavy (non-hydrogen) atoms. The van der Waals surface area contributed by atoms with Crippen LogP contribution in [-0.2, 0) is 11.3 Å². The summed E-state index contributed by atoms with van der Waals surface area (Å²) in [6.07, 6.45) is 3.80. The van der Waals surface area contributed by atoms with Crippen LogP contribution in [0, 0.1) is 17.8 Å². The van der Waals surface area contributed by atoms with Gasteiger partial charge < -0.3 is 10.1 Å². The number of rotatable bonds is 5. The Bertz CT molecular complexity index is 1350. The van der Waals surface area contributed by atoms with Crippen LogP contribution in [0.5, 0.6) is 5.75 Å². The van der Waals surface area contributed by atoms with Crippen molar-refractivity contribution in [1.29, 1.82) is 0 Å². The van der Waals surface area contributed by atoms with E-state index in [1.54, 1.807) is 29.9 Å². The molecule has 1 aromatic heterocycles. The summed E-state index contributed by atoms with van der Waals surface area (Å²) in [5.41, 5.74) is 1.78. The van der Waals surface area contributed by atoms with Gasteiger partial charge in [0, 0.05) is 21.7 Å². The van der Waals surface area contributed by atoms with Crippen LogP contribution >= 0.6 is 46.3 Å². The summed E-state index contributed by atoms with van der Waals surface area (Å²) in [4.78, 5) is 27.1. The molecule has 3 aliphatic rings. The largest absolute Gasteiger partial charge is 0.497 e. The van der Waals surface area contributed by atoms with Gasteiger partial charge in [-0.1, -0.05) is 46.7 Å². The minimum absolute atomic E-state index is 0.0290. The number of nitrogens with one attached hydrogen (secondary N) is 1. The highest BCUT2D eigenvalue weighted by Crippen LogP contribution is 2.64. The summed E-state index contributed by atoms with van der Waals surface area (Å²) in [7, 11) is 1.67. The fourth-order valence-electron chi connectivity index (χ4n) is 6.19. The van der Waals surface area contributed by atoms with Gasteiger partial charge in [-0.25, -0.2) is 0 Å². The fourth-order valence-corrected chi connectivity index (χ4v) is 9.64. The van der Waals surface area contributed by atoms with E-state index in [0.717, 1.165) is 15.7 Å². The number of thioether (sulfide) groups is 1. The minimum Gasteiger partial charge on any atom is -0.497 e.